The summed E-state index contributed by atoms with van der Waals surface area (Å²) in [7, 11) is 1.41. The fourth-order valence-corrected chi connectivity index (χ4v) is 2.67. The predicted octanol–water partition coefficient (Wildman–Crippen LogP) is 3.96. The Morgan fingerprint density at radius 3 is 2.89 bits per heavy atom. The molecule has 8 heteroatoms. The van der Waals surface area contributed by atoms with Crippen LogP contribution in [-0.4, -0.2) is 30.9 Å². The lowest BCUT2D eigenvalue weighted by atomic mass is 10.2. The zero-order chi connectivity index (χ0) is 19.4. The number of hydrogen-bond acceptors (Lipinski definition) is 6. The first kappa shape index (κ1) is 18.6. The second kappa shape index (κ2) is 8.01. The van der Waals surface area contributed by atoms with Gasteiger partial charge in [0.15, 0.2) is 17.3 Å². The monoisotopic (exact) mass is 388 g/mol. The fraction of sp³-hybridized carbons (Fsp3) is 0.158. The molecule has 1 heterocycles. The Hall–Kier alpha value is -3.19. The maximum absolute atomic E-state index is 12.2. The third-order valence-electron chi connectivity index (χ3n) is 3.68. The third-order valence-corrected chi connectivity index (χ3v) is 3.90. The van der Waals surface area contributed by atoms with Gasteiger partial charge in [-0.15, -0.1) is 0 Å². The van der Waals surface area contributed by atoms with Crippen molar-refractivity contribution in [3.05, 3.63) is 52.7 Å². The number of amides is 1. The van der Waals surface area contributed by atoms with Crippen molar-refractivity contribution in [2.75, 3.05) is 13.7 Å². The molecule has 0 aliphatic heterocycles. The molecule has 2 aromatic carbocycles. The summed E-state index contributed by atoms with van der Waals surface area (Å²) in [5, 5.41) is 15.0. The maximum atomic E-state index is 12.2. The van der Waals surface area contributed by atoms with Crippen molar-refractivity contribution in [3.63, 3.8) is 0 Å². The molecule has 27 heavy (non-hydrogen) atoms. The molecule has 0 aliphatic rings. The number of furan rings is 1. The van der Waals surface area contributed by atoms with Crippen molar-refractivity contribution in [1.29, 1.82) is 0 Å². The topological polar surface area (TPSA) is 93.3 Å². The zero-order valence-corrected chi connectivity index (χ0v) is 15.4. The second-order valence-electron chi connectivity index (χ2n) is 5.49. The van der Waals surface area contributed by atoms with Crippen LogP contribution in [0.15, 0.2) is 45.9 Å². The molecule has 3 aromatic rings. The quantitative estimate of drug-likeness (QED) is 0.492. The molecule has 1 aromatic heterocycles. The Kier molecular flexibility index (Phi) is 5.52. The van der Waals surface area contributed by atoms with Crippen LogP contribution in [0, 0.1) is 0 Å². The molecule has 2 N–H and O–H groups in total. The SMILES string of the molecule is CCOc1ccc2oc(C(=O)N/N=C/c3cc(Cl)cc(OC)c3O)cc2c1. The van der Waals surface area contributed by atoms with Gasteiger partial charge in [-0.1, -0.05) is 11.6 Å². The standard InChI is InChI=1S/C19H17ClN2O5/c1-3-26-14-4-5-15-11(7-14)8-17(27-15)19(24)22-21-10-12-6-13(20)9-16(25-2)18(12)23/h4-10,23H,3H2,1-2H3,(H,22,24)/b21-10+. The molecule has 140 valence electrons. The molecule has 0 aliphatic carbocycles. The maximum Gasteiger partial charge on any atom is 0.307 e. The highest BCUT2D eigenvalue weighted by atomic mass is 35.5. The van der Waals surface area contributed by atoms with Crippen molar-refractivity contribution in [2.24, 2.45) is 5.10 Å². The summed E-state index contributed by atoms with van der Waals surface area (Å²) >= 11 is 5.95. The van der Waals surface area contributed by atoms with Crippen LogP contribution in [-0.2, 0) is 0 Å². The Bertz CT molecular complexity index is 1010. The van der Waals surface area contributed by atoms with Gasteiger partial charge in [0.1, 0.15) is 11.3 Å². The van der Waals surface area contributed by atoms with E-state index in [1.54, 1.807) is 24.3 Å². The first-order chi connectivity index (χ1) is 13.0. The van der Waals surface area contributed by atoms with E-state index in [-0.39, 0.29) is 17.3 Å². The molecular formula is C19H17ClN2O5. The molecular weight excluding hydrogens is 372 g/mol. The van der Waals surface area contributed by atoms with E-state index in [2.05, 4.69) is 10.5 Å². The number of hydrogen-bond donors (Lipinski definition) is 2. The number of aromatic hydroxyl groups is 1. The summed E-state index contributed by atoms with van der Waals surface area (Å²) in [6.07, 6.45) is 1.26. The van der Waals surface area contributed by atoms with E-state index in [4.69, 9.17) is 25.5 Å². The van der Waals surface area contributed by atoms with Crippen LogP contribution in [0.2, 0.25) is 5.02 Å². The van der Waals surface area contributed by atoms with E-state index >= 15 is 0 Å². The van der Waals surface area contributed by atoms with E-state index in [1.165, 1.54) is 25.5 Å². The number of phenols is 1. The minimum Gasteiger partial charge on any atom is -0.504 e. The van der Waals surface area contributed by atoms with Gasteiger partial charge >= 0.3 is 5.91 Å². The van der Waals surface area contributed by atoms with Gasteiger partial charge < -0.3 is 19.0 Å². The third kappa shape index (κ3) is 4.15. The van der Waals surface area contributed by atoms with Crippen molar-refractivity contribution >= 4 is 34.7 Å². The van der Waals surface area contributed by atoms with Crippen LogP contribution in [0.4, 0.5) is 0 Å². The number of carbonyl (C=O) groups is 1. The van der Waals surface area contributed by atoms with Crippen LogP contribution >= 0.6 is 11.6 Å². The van der Waals surface area contributed by atoms with Gasteiger partial charge in [-0.2, -0.15) is 5.10 Å². The number of carbonyl (C=O) groups excluding carboxylic acids is 1. The summed E-state index contributed by atoms with van der Waals surface area (Å²) in [5.74, 6) is 0.337. The average Bonchev–Trinajstić information content (AvgIpc) is 3.08. The number of ether oxygens (including phenoxy) is 2. The van der Waals surface area contributed by atoms with E-state index in [0.717, 1.165) is 5.39 Å². The van der Waals surface area contributed by atoms with Crippen LogP contribution in [0.1, 0.15) is 23.0 Å². The van der Waals surface area contributed by atoms with Crippen LogP contribution in [0.5, 0.6) is 17.2 Å². The van der Waals surface area contributed by atoms with Crippen LogP contribution in [0.25, 0.3) is 11.0 Å². The second-order valence-corrected chi connectivity index (χ2v) is 5.92. The number of fused-ring (bicyclic) bond motifs is 1. The molecule has 0 saturated heterocycles. The number of rotatable bonds is 6. The van der Waals surface area contributed by atoms with Crippen molar-refractivity contribution in [1.82, 2.24) is 5.43 Å². The van der Waals surface area contributed by atoms with Gasteiger partial charge in [0.2, 0.25) is 0 Å². The molecule has 0 spiro atoms. The van der Waals surface area contributed by atoms with Gasteiger partial charge in [0.25, 0.3) is 0 Å². The summed E-state index contributed by atoms with van der Waals surface area (Å²) < 4.78 is 16.0. The van der Waals surface area contributed by atoms with Crippen molar-refractivity contribution in [3.8, 4) is 17.2 Å². The van der Waals surface area contributed by atoms with Gasteiger partial charge in [-0.05, 0) is 37.3 Å². The van der Waals surface area contributed by atoms with Crippen LogP contribution < -0.4 is 14.9 Å². The van der Waals surface area contributed by atoms with Crippen molar-refractivity contribution in [2.45, 2.75) is 6.92 Å². The first-order valence-electron chi connectivity index (χ1n) is 8.08. The molecule has 3 rings (SSSR count). The molecule has 0 fully saturated rings. The number of methoxy groups -OCH3 is 1. The summed E-state index contributed by atoms with van der Waals surface area (Å²) in [5.41, 5.74) is 3.20. The summed E-state index contributed by atoms with van der Waals surface area (Å²) in [6, 6.07) is 9.85. The average molecular weight is 389 g/mol. The van der Waals surface area contributed by atoms with Crippen molar-refractivity contribution < 1.29 is 23.8 Å². The largest absolute Gasteiger partial charge is 0.504 e. The van der Waals surface area contributed by atoms with Gasteiger partial charge in [-0.3, -0.25) is 4.79 Å². The molecule has 0 saturated carbocycles. The molecule has 1 amide bonds. The minimum absolute atomic E-state index is 0.101. The molecule has 0 bridgehead atoms. The lowest BCUT2D eigenvalue weighted by Crippen LogP contribution is -2.16. The number of nitrogens with zero attached hydrogens (tertiary/aromatic N) is 1. The Morgan fingerprint density at radius 1 is 1.33 bits per heavy atom. The zero-order valence-electron chi connectivity index (χ0n) is 14.7. The smallest absolute Gasteiger partial charge is 0.307 e. The van der Waals surface area contributed by atoms with E-state index < -0.39 is 5.91 Å². The lowest BCUT2D eigenvalue weighted by Gasteiger charge is -2.06. The lowest BCUT2D eigenvalue weighted by molar-refractivity contribution is 0.0929. The number of halogens is 1. The van der Waals surface area contributed by atoms with Gasteiger partial charge in [-0.25, -0.2) is 5.43 Å². The number of nitrogens with one attached hydrogen (secondary N) is 1. The molecule has 0 atom stereocenters. The predicted molar refractivity (Wildman–Crippen MR) is 102 cm³/mol. The summed E-state index contributed by atoms with van der Waals surface area (Å²) in [4.78, 5) is 12.2. The number of phenolic OH excluding ortho intramolecular Hbond substituents is 1. The molecule has 0 unspecified atom stereocenters. The number of benzene rings is 2. The normalized spacial score (nSPS) is 11.1. The van der Waals surface area contributed by atoms with E-state index in [9.17, 15) is 9.90 Å². The molecule has 0 radical (unpaired) electrons. The Labute approximate surface area is 160 Å². The number of hydrazone groups is 1. The van der Waals surface area contributed by atoms with E-state index in [0.29, 0.717) is 28.5 Å². The highest BCUT2D eigenvalue weighted by molar-refractivity contribution is 6.31. The van der Waals surface area contributed by atoms with Crippen LogP contribution in [0.3, 0.4) is 0 Å². The summed E-state index contributed by atoms with van der Waals surface area (Å²) in [6.45, 7) is 2.44. The Morgan fingerprint density at radius 2 is 2.15 bits per heavy atom. The minimum atomic E-state index is -0.533. The molecule has 7 nitrogen and oxygen atoms in total. The highest BCUT2D eigenvalue weighted by Crippen LogP contribution is 2.32. The van der Waals surface area contributed by atoms with Gasteiger partial charge in [0.05, 0.1) is 19.9 Å². The first-order valence-corrected chi connectivity index (χ1v) is 8.46. The fourth-order valence-electron chi connectivity index (χ4n) is 2.45. The van der Waals surface area contributed by atoms with E-state index in [1.807, 2.05) is 6.92 Å². The van der Waals surface area contributed by atoms with Gasteiger partial charge in [0, 0.05) is 22.0 Å². The highest BCUT2D eigenvalue weighted by Gasteiger charge is 2.13. The Balaban J connectivity index is 1.75.